The van der Waals surface area contributed by atoms with E-state index in [2.05, 4.69) is 20.3 Å². The van der Waals surface area contributed by atoms with Gasteiger partial charge in [-0.1, -0.05) is 12.1 Å². The van der Waals surface area contributed by atoms with Gasteiger partial charge in [0.1, 0.15) is 0 Å². The number of hydrogen-bond donors (Lipinski definition) is 2. The number of carbonyl (C=O) groups excluding carboxylic acids is 1. The first-order valence-electron chi connectivity index (χ1n) is 6.34. The summed E-state index contributed by atoms with van der Waals surface area (Å²) in [5.41, 5.74) is 3.86. The number of aromatic nitrogens is 3. The fourth-order valence-corrected chi connectivity index (χ4v) is 2.11. The SMILES string of the molecule is Cc1ccc(C(=O)Nc2nc3ccccc3[nH]2)c(C)n1. The Morgan fingerprint density at radius 1 is 1.10 bits per heavy atom. The lowest BCUT2D eigenvalue weighted by Gasteiger charge is -2.05. The second-order valence-electron chi connectivity index (χ2n) is 4.64. The van der Waals surface area contributed by atoms with E-state index in [9.17, 15) is 4.79 Å². The minimum atomic E-state index is -0.214. The van der Waals surface area contributed by atoms with E-state index >= 15 is 0 Å². The van der Waals surface area contributed by atoms with Crippen molar-refractivity contribution in [1.29, 1.82) is 0 Å². The summed E-state index contributed by atoms with van der Waals surface area (Å²) < 4.78 is 0. The number of hydrogen-bond acceptors (Lipinski definition) is 3. The van der Waals surface area contributed by atoms with Crippen LogP contribution in [0.4, 0.5) is 5.95 Å². The summed E-state index contributed by atoms with van der Waals surface area (Å²) in [7, 11) is 0. The third-order valence-electron chi connectivity index (χ3n) is 3.09. The minimum Gasteiger partial charge on any atom is -0.324 e. The molecule has 2 heterocycles. The molecule has 0 unspecified atom stereocenters. The van der Waals surface area contributed by atoms with E-state index in [1.165, 1.54) is 0 Å². The van der Waals surface area contributed by atoms with E-state index < -0.39 is 0 Å². The first-order chi connectivity index (χ1) is 9.63. The summed E-state index contributed by atoms with van der Waals surface area (Å²) >= 11 is 0. The zero-order chi connectivity index (χ0) is 14.1. The average molecular weight is 266 g/mol. The van der Waals surface area contributed by atoms with Crippen LogP contribution in [0.3, 0.4) is 0 Å². The molecule has 0 aliphatic rings. The smallest absolute Gasteiger partial charge is 0.259 e. The third kappa shape index (κ3) is 2.25. The van der Waals surface area contributed by atoms with Crippen molar-refractivity contribution in [2.45, 2.75) is 13.8 Å². The Balaban J connectivity index is 1.88. The number of imidazole rings is 1. The lowest BCUT2D eigenvalue weighted by atomic mass is 10.2. The van der Waals surface area contributed by atoms with Gasteiger partial charge in [0, 0.05) is 5.69 Å². The molecule has 2 N–H and O–H groups in total. The summed E-state index contributed by atoms with van der Waals surface area (Å²) in [5.74, 6) is 0.227. The molecular formula is C15H14N4O. The largest absolute Gasteiger partial charge is 0.324 e. The van der Waals surface area contributed by atoms with Crippen molar-refractivity contribution in [3.63, 3.8) is 0 Å². The van der Waals surface area contributed by atoms with Gasteiger partial charge in [0.15, 0.2) is 0 Å². The van der Waals surface area contributed by atoms with Gasteiger partial charge in [-0.2, -0.15) is 0 Å². The molecule has 100 valence electrons. The molecule has 1 amide bonds. The number of H-pyrrole nitrogens is 1. The Bertz CT molecular complexity index is 758. The molecule has 1 aromatic carbocycles. The number of pyridine rings is 1. The van der Waals surface area contributed by atoms with E-state index in [1.54, 1.807) is 6.07 Å². The second-order valence-corrected chi connectivity index (χ2v) is 4.64. The van der Waals surface area contributed by atoms with E-state index in [4.69, 9.17) is 0 Å². The van der Waals surface area contributed by atoms with Gasteiger partial charge in [-0.3, -0.25) is 15.1 Å². The van der Waals surface area contributed by atoms with Gasteiger partial charge in [-0.05, 0) is 38.1 Å². The summed E-state index contributed by atoms with van der Waals surface area (Å²) in [6, 6.07) is 11.2. The van der Waals surface area contributed by atoms with Gasteiger partial charge in [0.25, 0.3) is 5.91 Å². The number of aromatic amines is 1. The number of para-hydroxylation sites is 2. The van der Waals surface area contributed by atoms with Crippen molar-refractivity contribution in [2.75, 3.05) is 5.32 Å². The molecule has 0 aliphatic carbocycles. The zero-order valence-electron chi connectivity index (χ0n) is 11.3. The number of rotatable bonds is 2. The predicted molar refractivity (Wildman–Crippen MR) is 77.8 cm³/mol. The highest BCUT2D eigenvalue weighted by atomic mass is 16.1. The van der Waals surface area contributed by atoms with E-state index in [-0.39, 0.29) is 5.91 Å². The number of amides is 1. The Morgan fingerprint density at radius 3 is 2.65 bits per heavy atom. The fraction of sp³-hybridized carbons (Fsp3) is 0.133. The first-order valence-corrected chi connectivity index (χ1v) is 6.34. The molecule has 5 heteroatoms. The molecule has 0 spiro atoms. The quantitative estimate of drug-likeness (QED) is 0.749. The molecule has 0 saturated heterocycles. The van der Waals surface area contributed by atoms with E-state index in [1.807, 2.05) is 44.2 Å². The number of nitrogens with one attached hydrogen (secondary N) is 2. The van der Waals surface area contributed by atoms with Crippen LogP contribution < -0.4 is 5.32 Å². The molecule has 3 rings (SSSR count). The second kappa shape index (κ2) is 4.77. The number of aryl methyl sites for hydroxylation is 2. The van der Waals surface area contributed by atoms with Gasteiger partial charge in [-0.25, -0.2) is 4.98 Å². The number of fused-ring (bicyclic) bond motifs is 1. The molecule has 3 aromatic rings. The van der Waals surface area contributed by atoms with Crippen LogP contribution in [-0.4, -0.2) is 20.9 Å². The summed E-state index contributed by atoms with van der Waals surface area (Å²) in [5, 5.41) is 2.76. The van der Waals surface area contributed by atoms with Crippen molar-refractivity contribution in [1.82, 2.24) is 15.0 Å². The Morgan fingerprint density at radius 2 is 1.90 bits per heavy atom. The molecule has 0 bridgehead atoms. The van der Waals surface area contributed by atoms with Gasteiger partial charge in [0.05, 0.1) is 22.3 Å². The molecule has 0 radical (unpaired) electrons. The third-order valence-corrected chi connectivity index (χ3v) is 3.09. The first kappa shape index (κ1) is 12.3. The topological polar surface area (TPSA) is 70.7 Å². The monoisotopic (exact) mass is 266 g/mol. The van der Waals surface area contributed by atoms with Gasteiger partial charge < -0.3 is 4.98 Å². The minimum absolute atomic E-state index is 0.214. The molecule has 20 heavy (non-hydrogen) atoms. The number of anilines is 1. The summed E-state index contributed by atoms with van der Waals surface area (Å²) in [4.78, 5) is 23.9. The van der Waals surface area contributed by atoms with Crippen LogP contribution in [0.1, 0.15) is 21.7 Å². The zero-order valence-corrected chi connectivity index (χ0v) is 11.3. The fourth-order valence-electron chi connectivity index (χ4n) is 2.11. The highest BCUT2D eigenvalue weighted by Gasteiger charge is 2.12. The van der Waals surface area contributed by atoms with Crippen LogP contribution in [0.15, 0.2) is 36.4 Å². The van der Waals surface area contributed by atoms with E-state index in [0.29, 0.717) is 17.2 Å². The van der Waals surface area contributed by atoms with Crippen LogP contribution >= 0.6 is 0 Å². The normalized spacial score (nSPS) is 10.7. The van der Waals surface area contributed by atoms with Crippen molar-refractivity contribution in [3.05, 3.63) is 53.3 Å². The highest BCUT2D eigenvalue weighted by molar-refractivity contribution is 6.04. The van der Waals surface area contributed by atoms with Gasteiger partial charge in [0.2, 0.25) is 5.95 Å². The Hall–Kier alpha value is -2.69. The van der Waals surface area contributed by atoms with Crippen molar-refractivity contribution in [3.8, 4) is 0 Å². The predicted octanol–water partition coefficient (Wildman–Crippen LogP) is 2.83. The average Bonchev–Trinajstić information content (AvgIpc) is 2.80. The van der Waals surface area contributed by atoms with Crippen LogP contribution in [0, 0.1) is 13.8 Å². The summed E-state index contributed by atoms with van der Waals surface area (Å²) in [6.07, 6.45) is 0. The Kier molecular flexibility index (Phi) is 2.95. The number of carbonyl (C=O) groups is 1. The van der Waals surface area contributed by atoms with Crippen LogP contribution in [0.25, 0.3) is 11.0 Å². The molecule has 0 saturated carbocycles. The maximum Gasteiger partial charge on any atom is 0.259 e. The van der Waals surface area contributed by atoms with Crippen LogP contribution in [-0.2, 0) is 0 Å². The number of nitrogens with zero attached hydrogens (tertiary/aromatic N) is 2. The molecule has 5 nitrogen and oxygen atoms in total. The van der Waals surface area contributed by atoms with Crippen LogP contribution in [0.5, 0.6) is 0 Å². The Labute approximate surface area is 116 Å². The highest BCUT2D eigenvalue weighted by Crippen LogP contribution is 2.15. The molecule has 0 aliphatic heterocycles. The molecular weight excluding hydrogens is 252 g/mol. The molecule has 0 fully saturated rings. The molecule has 2 aromatic heterocycles. The molecule has 0 atom stereocenters. The maximum absolute atomic E-state index is 12.2. The van der Waals surface area contributed by atoms with Crippen molar-refractivity contribution >= 4 is 22.9 Å². The summed E-state index contributed by atoms with van der Waals surface area (Å²) in [6.45, 7) is 3.72. The van der Waals surface area contributed by atoms with Crippen molar-refractivity contribution < 1.29 is 4.79 Å². The van der Waals surface area contributed by atoms with Crippen molar-refractivity contribution in [2.24, 2.45) is 0 Å². The van der Waals surface area contributed by atoms with Crippen LogP contribution in [0.2, 0.25) is 0 Å². The number of benzene rings is 1. The maximum atomic E-state index is 12.2. The lowest BCUT2D eigenvalue weighted by Crippen LogP contribution is -2.15. The standard InChI is InChI=1S/C15H14N4O/c1-9-7-8-11(10(2)16-9)14(20)19-15-17-12-5-3-4-6-13(12)18-15/h3-8H,1-2H3,(H2,17,18,19,20). The lowest BCUT2D eigenvalue weighted by molar-refractivity contribution is 0.102. The van der Waals surface area contributed by atoms with Gasteiger partial charge >= 0.3 is 0 Å². The van der Waals surface area contributed by atoms with E-state index in [0.717, 1.165) is 16.7 Å². The van der Waals surface area contributed by atoms with Gasteiger partial charge in [-0.15, -0.1) is 0 Å².